The Labute approximate surface area is 216 Å². The summed E-state index contributed by atoms with van der Waals surface area (Å²) in [4.78, 5) is 26.2. The van der Waals surface area contributed by atoms with Crippen LogP contribution in [0.3, 0.4) is 0 Å². The van der Waals surface area contributed by atoms with Gasteiger partial charge in [0.1, 0.15) is 0 Å². The molecule has 4 rings (SSSR count). The second-order valence-electron chi connectivity index (χ2n) is 8.77. The van der Waals surface area contributed by atoms with Crippen LogP contribution in [0.1, 0.15) is 41.7 Å². The zero-order valence-electron chi connectivity index (χ0n) is 19.9. The van der Waals surface area contributed by atoms with Crippen molar-refractivity contribution in [3.8, 4) is 0 Å². The lowest BCUT2D eigenvalue weighted by Gasteiger charge is -2.30. The van der Waals surface area contributed by atoms with Crippen LogP contribution in [0.4, 0.5) is 5.69 Å². The minimum absolute atomic E-state index is 0.180. The molecule has 1 saturated heterocycles. The predicted octanol–water partition coefficient (Wildman–Crippen LogP) is 4.87. The third kappa shape index (κ3) is 5.95. The summed E-state index contributed by atoms with van der Waals surface area (Å²) in [5.41, 5.74) is 1.78. The number of nitrogens with zero attached hydrogens (tertiary/aromatic N) is 1. The largest absolute Gasteiger partial charge is 0.345 e. The molecule has 3 aromatic carbocycles. The van der Waals surface area contributed by atoms with Gasteiger partial charge in [-0.1, -0.05) is 54.1 Å². The Balaban J connectivity index is 1.38. The molecule has 0 spiro atoms. The molecule has 0 aliphatic carbocycles. The van der Waals surface area contributed by atoms with Gasteiger partial charge in [0, 0.05) is 24.0 Å². The van der Waals surface area contributed by atoms with Crippen LogP contribution in [-0.2, 0) is 14.8 Å². The van der Waals surface area contributed by atoms with Crippen LogP contribution in [0.25, 0.3) is 0 Å². The van der Waals surface area contributed by atoms with E-state index in [4.69, 9.17) is 11.6 Å². The number of nitrogens with one attached hydrogen (secondary N) is 2. The number of hydrogen-bond donors (Lipinski definition) is 2. The first-order chi connectivity index (χ1) is 17.3. The third-order valence-corrected chi connectivity index (χ3v) is 8.52. The molecule has 1 fully saturated rings. The summed E-state index contributed by atoms with van der Waals surface area (Å²) in [5, 5.41) is 6.32. The van der Waals surface area contributed by atoms with Gasteiger partial charge < -0.3 is 10.6 Å². The zero-order chi connectivity index (χ0) is 25.7. The lowest BCUT2D eigenvalue weighted by Crippen LogP contribution is -2.41. The molecule has 1 atom stereocenters. The first-order valence-corrected chi connectivity index (χ1v) is 13.6. The van der Waals surface area contributed by atoms with Crippen molar-refractivity contribution in [2.45, 2.75) is 30.7 Å². The van der Waals surface area contributed by atoms with Crippen molar-refractivity contribution in [3.05, 3.63) is 95.0 Å². The SMILES string of the molecule is CC(NC(=O)c1ccccc1NC(=O)C1CCN(S(=O)(=O)c2ccc(Cl)cc2)CC1)c1ccccc1. The predicted molar refractivity (Wildman–Crippen MR) is 140 cm³/mol. The highest BCUT2D eigenvalue weighted by Crippen LogP contribution is 2.26. The van der Waals surface area contributed by atoms with Crippen molar-refractivity contribution in [3.63, 3.8) is 0 Å². The molecule has 36 heavy (non-hydrogen) atoms. The van der Waals surface area contributed by atoms with Crippen LogP contribution in [0, 0.1) is 5.92 Å². The number of para-hydroxylation sites is 1. The highest BCUT2D eigenvalue weighted by atomic mass is 35.5. The van der Waals surface area contributed by atoms with Gasteiger partial charge in [0.25, 0.3) is 5.91 Å². The van der Waals surface area contributed by atoms with Gasteiger partial charge in [0.15, 0.2) is 0 Å². The van der Waals surface area contributed by atoms with E-state index in [0.29, 0.717) is 29.1 Å². The first-order valence-electron chi connectivity index (χ1n) is 11.8. The van der Waals surface area contributed by atoms with Crippen molar-refractivity contribution in [2.24, 2.45) is 5.92 Å². The fourth-order valence-corrected chi connectivity index (χ4v) is 5.83. The van der Waals surface area contributed by atoms with Crippen LogP contribution in [0.5, 0.6) is 0 Å². The molecule has 188 valence electrons. The van der Waals surface area contributed by atoms with Gasteiger partial charge in [-0.2, -0.15) is 4.31 Å². The van der Waals surface area contributed by atoms with Gasteiger partial charge in [0.05, 0.1) is 22.2 Å². The molecule has 1 aliphatic heterocycles. The Kier molecular flexibility index (Phi) is 8.08. The van der Waals surface area contributed by atoms with Crippen LogP contribution in [-0.4, -0.2) is 37.6 Å². The molecular formula is C27H28ClN3O4S. The highest BCUT2D eigenvalue weighted by molar-refractivity contribution is 7.89. The fraction of sp³-hybridized carbons (Fsp3) is 0.259. The number of halogens is 1. The number of carbonyl (C=O) groups is 2. The number of hydrogen-bond acceptors (Lipinski definition) is 4. The van der Waals surface area contributed by atoms with Gasteiger partial charge >= 0.3 is 0 Å². The third-order valence-electron chi connectivity index (χ3n) is 6.35. The van der Waals surface area contributed by atoms with Gasteiger partial charge in [-0.3, -0.25) is 9.59 Å². The van der Waals surface area contributed by atoms with Crippen molar-refractivity contribution in [2.75, 3.05) is 18.4 Å². The number of sulfonamides is 1. The summed E-state index contributed by atoms with van der Waals surface area (Å²) in [7, 11) is -3.65. The van der Waals surface area contributed by atoms with Crippen LogP contribution in [0.15, 0.2) is 83.8 Å². The average molecular weight is 526 g/mol. The Bertz CT molecular complexity index is 1320. The molecule has 0 bridgehead atoms. The fourth-order valence-electron chi connectivity index (χ4n) is 4.24. The molecule has 3 aromatic rings. The van der Waals surface area contributed by atoms with E-state index in [1.165, 1.54) is 16.4 Å². The van der Waals surface area contributed by atoms with Gasteiger partial charge in [-0.15, -0.1) is 0 Å². The lowest BCUT2D eigenvalue weighted by molar-refractivity contribution is -0.120. The Morgan fingerprint density at radius 3 is 2.19 bits per heavy atom. The summed E-state index contributed by atoms with van der Waals surface area (Å²) < 4.78 is 27.2. The number of rotatable bonds is 7. The number of carbonyl (C=O) groups excluding carboxylic acids is 2. The van der Waals surface area contributed by atoms with Crippen molar-refractivity contribution in [1.29, 1.82) is 0 Å². The highest BCUT2D eigenvalue weighted by Gasteiger charge is 2.32. The Morgan fingerprint density at radius 1 is 0.917 bits per heavy atom. The number of anilines is 1. The van der Waals surface area contributed by atoms with Crippen molar-refractivity contribution < 1.29 is 18.0 Å². The molecule has 1 aliphatic rings. The summed E-state index contributed by atoms with van der Waals surface area (Å²) in [6.07, 6.45) is 0.774. The molecule has 0 radical (unpaired) electrons. The number of piperidine rings is 1. The maximum Gasteiger partial charge on any atom is 0.253 e. The maximum atomic E-state index is 13.0. The summed E-state index contributed by atoms with van der Waals surface area (Å²) in [5.74, 6) is -0.873. The van der Waals surface area contributed by atoms with E-state index in [2.05, 4.69) is 10.6 Å². The van der Waals surface area contributed by atoms with E-state index in [1.54, 1.807) is 36.4 Å². The quantitative estimate of drug-likeness (QED) is 0.460. The van der Waals surface area contributed by atoms with E-state index in [-0.39, 0.29) is 41.8 Å². The van der Waals surface area contributed by atoms with E-state index >= 15 is 0 Å². The minimum Gasteiger partial charge on any atom is -0.345 e. The number of benzene rings is 3. The molecule has 0 saturated carbocycles. The van der Waals surface area contributed by atoms with Crippen LogP contribution in [0.2, 0.25) is 5.02 Å². The van der Waals surface area contributed by atoms with Gasteiger partial charge in [-0.05, 0) is 61.7 Å². The molecule has 1 heterocycles. The average Bonchev–Trinajstić information content (AvgIpc) is 2.89. The summed E-state index contributed by atoms with van der Waals surface area (Å²) in [6.45, 7) is 2.37. The zero-order valence-corrected chi connectivity index (χ0v) is 21.4. The summed E-state index contributed by atoms with van der Waals surface area (Å²) >= 11 is 5.87. The minimum atomic E-state index is -3.65. The summed E-state index contributed by atoms with van der Waals surface area (Å²) in [6, 6.07) is 22.4. The standard InChI is InChI=1S/C27H28ClN3O4S/c1-19(20-7-3-2-4-8-20)29-27(33)24-9-5-6-10-25(24)30-26(32)21-15-17-31(18-16-21)36(34,35)23-13-11-22(28)12-14-23/h2-14,19,21H,15-18H2,1H3,(H,29,33)(H,30,32). The smallest absolute Gasteiger partial charge is 0.253 e. The van der Waals surface area contributed by atoms with E-state index in [0.717, 1.165) is 5.56 Å². The van der Waals surface area contributed by atoms with E-state index in [1.807, 2.05) is 37.3 Å². The van der Waals surface area contributed by atoms with Crippen molar-refractivity contribution >= 4 is 39.1 Å². The number of amides is 2. The second kappa shape index (κ2) is 11.2. The van der Waals surface area contributed by atoms with Gasteiger partial charge in [0.2, 0.25) is 15.9 Å². The molecule has 1 unspecified atom stereocenters. The maximum absolute atomic E-state index is 13.0. The molecule has 9 heteroatoms. The van der Waals surface area contributed by atoms with Crippen LogP contribution < -0.4 is 10.6 Å². The second-order valence-corrected chi connectivity index (χ2v) is 11.1. The van der Waals surface area contributed by atoms with Crippen molar-refractivity contribution in [1.82, 2.24) is 9.62 Å². The molecular weight excluding hydrogens is 498 g/mol. The Morgan fingerprint density at radius 2 is 1.53 bits per heavy atom. The molecule has 0 aromatic heterocycles. The molecule has 2 N–H and O–H groups in total. The molecule has 2 amide bonds. The lowest BCUT2D eigenvalue weighted by atomic mass is 9.97. The van der Waals surface area contributed by atoms with E-state index in [9.17, 15) is 18.0 Å². The van der Waals surface area contributed by atoms with Gasteiger partial charge in [-0.25, -0.2) is 8.42 Å². The van der Waals surface area contributed by atoms with Crippen LogP contribution >= 0.6 is 11.6 Å². The monoisotopic (exact) mass is 525 g/mol. The molecule has 7 nitrogen and oxygen atoms in total. The first kappa shape index (κ1) is 25.9. The normalized spacial score (nSPS) is 15.7. The topological polar surface area (TPSA) is 95.6 Å². The van der Waals surface area contributed by atoms with E-state index < -0.39 is 10.0 Å². The Hall–Kier alpha value is -3.20.